The number of anilines is 3. The van der Waals surface area contributed by atoms with E-state index in [-0.39, 0.29) is 5.28 Å². The molecule has 3 rings (SSSR count). The molecule has 2 N–H and O–H groups in total. The van der Waals surface area contributed by atoms with Crippen molar-refractivity contribution in [1.82, 2.24) is 15.0 Å². The summed E-state index contributed by atoms with van der Waals surface area (Å²) < 4.78 is 0. The van der Waals surface area contributed by atoms with E-state index in [0.717, 1.165) is 18.5 Å². The Hall–Kier alpha value is -1.88. The van der Waals surface area contributed by atoms with E-state index in [1.165, 1.54) is 18.4 Å². The number of rotatable bonds is 4. The SMILES string of the molecule is Cc1cccc(Nc2nc(Cl)nc(NC3CCCC3)n2)c1. The van der Waals surface area contributed by atoms with Gasteiger partial charge in [-0.1, -0.05) is 25.0 Å². The van der Waals surface area contributed by atoms with E-state index >= 15 is 0 Å². The van der Waals surface area contributed by atoms with Crippen LogP contribution in [0.1, 0.15) is 31.2 Å². The molecule has 0 unspecified atom stereocenters. The lowest BCUT2D eigenvalue weighted by Crippen LogP contribution is -2.17. The lowest BCUT2D eigenvalue weighted by molar-refractivity contribution is 0.742. The second-order valence-electron chi connectivity index (χ2n) is 5.37. The Morgan fingerprint density at radius 3 is 2.62 bits per heavy atom. The van der Waals surface area contributed by atoms with Crippen molar-refractivity contribution in [3.8, 4) is 0 Å². The van der Waals surface area contributed by atoms with Crippen molar-refractivity contribution in [1.29, 1.82) is 0 Å². The Morgan fingerprint density at radius 2 is 1.86 bits per heavy atom. The summed E-state index contributed by atoms with van der Waals surface area (Å²) in [4.78, 5) is 12.7. The molecule has 1 aromatic carbocycles. The minimum atomic E-state index is 0.195. The number of benzene rings is 1. The van der Waals surface area contributed by atoms with Crippen molar-refractivity contribution >= 4 is 29.2 Å². The molecule has 0 aliphatic heterocycles. The number of halogens is 1. The fraction of sp³-hybridized carbons (Fsp3) is 0.400. The maximum absolute atomic E-state index is 5.99. The van der Waals surface area contributed by atoms with Crippen LogP contribution in [0.25, 0.3) is 0 Å². The third-order valence-electron chi connectivity index (χ3n) is 3.57. The summed E-state index contributed by atoms with van der Waals surface area (Å²) >= 11 is 5.99. The molecule has 110 valence electrons. The third-order valence-corrected chi connectivity index (χ3v) is 3.74. The van der Waals surface area contributed by atoms with Crippen LogP contribution < -0.4 is 10.6 Å². The van der Waals surface area contributed by atoms with Crippen LogP contribution in [0.5, 0.6) is 0 Å². The van der Waals surface area contributed by atoms with Gasteiger partial charge in [0.1, 0.15) is 0 Å². The first-order chi connectivity index (χ1) is 10.2. The number of hydrogen-bond acceptors (Lipinski definition) is 5. The summed E-state index contributed by atoms with van der Waals surface area (Å²) in [6.45, 7) is 2.04. The Labute approximate surface area is 129 Å². The monoisotopic (exact) mass is 303 g/mol. The summed E-state index contributed by atoms with van der Waals surface area (Å²) in [5.41, 5.74) is 2.11. The standard InChI is InChI=1S/C15H18ClN5/c1-10-5-4-8-12(9-10)18-15-20-13(16)19-14(21-15)17-11-6-2-3-7-11/h4-5,8-9,11H,2-3,6-7H2,1H3,(H2,17,18,19,20,21). The zero-order valence-electron chi connectivity index (χ0n) is 11.9. The van der Waals surface area contributed by atoms with Crippen LogP contribution in [-0.2, 0) is 0 Å². The first-order valence-electron chi connectivity index (χ1n) is 7.21. The molecule has 1 aliphatic carbocycles. The summed E-state index contributed by atoms with van der Waals surface area (Å²) in [6.07, 6.45) is 4.82. The maximum Gasteiger partial charge on any atom is 0.233 e. The van der Waals surface area contributed by atoms with Crippen molar-refractivity contribution in [2.75, 3.05) is 10.6 Å². The molecule has 0 bridgehead atoms. The number of aromatic nitrogens is 3. The van der Waals surface area contributed by atoms with Gasteiger partial charge in [-0.25, -0.2) is 0 Å². The highest BCUT2D eigenvalue weighted by molar-refractivity contribution is 6.28. The molecule has 1 aliphatic rings. The molecule has 1 aromatic heterocycles. The third kappa shape index (κ3) is 3.82. The normalized spacial score (nSPS) is 15.1. The average molecular weight is 304 g/mol. The highest BCUT2D eigenvalue weighted by Crippen LogP contribution is 2.22. The first kappa shape index (κ1) is 14.1. The Morgan fingerprint density at radius 1 is 1.10 bits per heavy atom. The summed E-state index contributed by atoms with van der Waals surface area (Å²) in [5.74, 6) is 0.998. The zero-order chi connectivity index (χ0) is 14.7. The molecule has 1 heterocycles. The van der Waals surface area contributed by atoms with Gasteiger partial charge in [0, 0.05) is 11.7 Å². The highest BCUT2D eigenvalue weighted by Gasteiger charge is 2.16. The van der Waals surface area contributed by atoms with E-state index in [2.05, 4.69) is 25.6 Å². The van der Waals surface area contributed by atoms with Crippen LogP contribution >= 0.6 is 11.6 Å². The Balaban J connectivity index is 1.77. The topological polar surface area (TPSA) is 62.7 Å². The molecule has 0 spiro atoms. The molecule has 0 saturated heterocycles. The fourth-order valence-electron chi connectivity index (χ4n) is 2.58. The zero-order valence-corrected chi connectivity index (χ0v) is 12.7. The van der Waals surface area contributed by atoms with Crippen molar-refractivity contribution in [3.05, 3.63) is 35.1 Å². The van der Waals surface area contributed by atoms with E-state index in [0.29, 0.717) is 17.9 Å². The van der Waals surface area contributed by atoms with Gasteiger partial charge in [-0.05, 0) is 49.1 Å². The molecule has 21 heavy (non-hydrogen) atoms. The van der Waals surface area contributed by atoms with Crippen LogP contribution in [0.4, 0.5) is 17.6 Å². The molecular weight excluding hydrogens is 286 g/mol. The molecule has 0 radical (unpaired) electrons. The van der Waals surface area contributed by atoms with Gasteiger partial charge in [0.15, 0.2) is 0 Å². The summed E-state index contributed by atoms with van der Waals surface area (Å²) in [6, 6.07) is 8.46. The van der Waals surface area contributed by atoms with Gasteiger partial charge >= 0.3 is 0 Å². The van der Waals surface area contributed by atoms with E-state index in [4.69, 9.17) is 11.6 Å². The van der Waals surface area contributed by atoms with Crippen molar-refractivity contribution in [3.63, 3.8) is 0 Å². The van der Waals surface area contributed by atoms with Gasteiger partial charge in [0.25, 0.3) is 0 Å². The molecule has 0 atom stereocenters. The van der Waals surface area contributed by atoms with Crippen molar-refractivity contribution in [2.24, 2.45) is 0 Å². The lowest BCUT2D eigenvalue weighted by Gasteiger charge is -2.13. The molecule has 1 saturated carbocycles. The molecular formula is C15H18ClN5. The van der Waals surface area contributed by atoms with Crippen LogP contribution in [0, 0.1) is 6.92 Å². The lowest BCUT2D eigenvalue weighted by atomic mass is 10.2. The highest BCUT2D eigenvalue weighted by atomic mass is 35.5. The van der Waals surface area contributed by atoms with Gasteiger partial charge in [-0.15, -0.1) is 0 Å². The van der Waals surface area contributed by atoms with Crippen molar-refractivity contribution < 1.29 is 0 Å². The molecule has 2 aromatic rings. The molecule has 0 amide bonds. The van der Waals surface area contributed by atoms with E-state index in [1.807, 2.05) is 31.2 Å². The predicted octanol–water partition coefficient (Wildman–Crippen LogP) is 3.93. The first-order valence-corrected chi connectivity index (χ1v) is 7.59. The van der Waals surface area contributed by atoms with Gasteiger partial charge < -0.3 is 10.6 Å². The van der Waals surface area contributed by atoms with E-state index in [1.54, 1.807) is 0 Å². The number of aryl methyl sites for hydroxylation is 1. The molecule has 5 nitrogen and oxygen atoms in total. The van der Waals surface area contributed by atoms with Crippen molar-refractivity contribution in [2.45, 2.75) is 38.6 Å². The number of hydrogen-bond donors (Lipinski definition) is 2. The average Bonchev–Trinajstić information content (AvgIpc) is 2.90. The fourth-order valence-corrected chi connectivity index (χ4v) is 2.74. The minimum absolute atomic E-state index is 0.195. The quantitative estimate of drug-likeness (QED) is 0.896. The smallest absolute Gasteiger partial charge is 0.233 e. The van der Waals surface area contributed by atoms with Gasteiger partial charge in [-0.2, -0.15) is 15.0 Å². The van der Waals surface area contributed by atoms with E-state index in [9.17, 15) is 0 Å². The van der Waals surface area contributed by atoms with Crippen LogP contribution in [0.2, 0.25) is 5.28 Å². The number of nitrogens with zero attached hydrogens (tertiary/aromatic N) is 3. The van der Waals surface area contributed by atoms with E-state index < -0.39 is 0 Å². The summed E-state index contributed by atoms with van der Waals surface area (Å²) in [7, 11) is 0. The molecule has 1 fully saturated rings. The van der Waals surface area contributed by atoms with Crippen LogP contribution in [0.15, 0.2) is 24.3 Å². The Bertz CT molecular complexity index is 625. The number of nitrogens with one attached hydrogen (secondary N) is 2. The van der Waals surface area contributed by atoms with Gasteiger partial charge in [-0.3, -0.25) is 0 Å². The van der Waals surface area contributed by atoms with Gasteiger partial charge in [0.05, 0.1) is 0 Å². The maximum atomic E-state index is 5.99. The predicted molar refractivity (Wildman–Crippen MR) is 85.2 cm³/mol. The second-order valence-corrected chi connectivity index (χ2v) is 5.71. The van der Waals surface area contributed by atoms with Gasteiger partial charge in [0.2, 0.25) is 17.2 Å². The summed E-state index contributed by atoms with van der Waals surface area (Å²) in [5, 5.41) is 6.69. The van der Waals surface area contributed by atoms with Crippen LogP contribution in [-0.4, -0.2) is 21.0 Å². The Kier molecular flexibility index (Phi) is 4.20. The second kappa shape index (κ2) is 6.26. The molecule has 6 heteroatoms. The largest absolute Gasteiger partial charge is 0.351 e. The minimum Gasteiger partial charge on any atom is -0.351 e. The van der Waals surface area contributed by atoms with Crippen LogP contribution in [0.3, 0.4) is 0 Å².